The van der Waals surface area contributed by atoms with Gasteiger partial charge in [-0.1, -0.05) is 6.07 Å². The van der Waals surface area contributed by atoms with E-state index in [1.165, 1.54) is 0 Å². The number of aromatic nitrogens is 1. The summed E-state index contributed by atoms with van der Waals surface area (Å²) in [6.07, 6.45) is 2.57. The smallest absolute Gasteiger partial charge is 0.227 e. The molecule has 3 rings (SSSR count). The van der Waals surface area contributed by atoms with Gasteiger partial charge in [0.1, 0.15) is 0 Å². The molecule has 1 aliphatic heterocycles. The first-order valence-corrected chi connectivity index (χ1v) is 9.59. The average Bonchev–Trinajstić information content (AvgIpc) is 2.96. The van der Waals surface area contributed by atoms with E-state index in [1.54, 1.807) is 11.3 Å². The van der Waals surface area contributed by atoms with Crippen molar-refractivity contribution in [3.8, 4) is 0 Å². The predicted octanol–water partition coefficient (Wildman–Crippen LogP) is 2.77. The number of rotatable bonds is 5. The third-order valence-electron chi connectivity index (χ3n) is 4.51. The molecule has 0 aromatic carbocycles. The lowest BCUT2D eigenvalue weighted by Crippen LogP contribution is -2.36. The highest BCUT2D eigenvalue weighted by Crippen LogP contribution is 2.11. The Morgan fingerprint density at radius 2 is 2.12 bits per heavy atom. The topological polar surface area (TPSA) is 36.4 Å². The summed E-state index contributed by atoms with van der Waals surface area (Å²) >= 11 is 1.65. The van der Waals surface area contributed by atoms with Crippen molar-refractivity contribution in [2.24, 2.45) is 0 Å². The Kier molecular flexibility index (Phi) is 5.99. The molecule has 0 radical (unpaired) electrons. The number of carbonyl (C=O) groups is 1. The SMILES string of the molecule is Cc1cccc(CCN2CCCN(C(=O)Cc3ccsc3)CC2)n1. The monoisotopic (exact) mass is 343 g/mol. The number of hydrogen-bond acceptors (Lipinski definition) is 4. The van der Waals surface area contributed by atoms with E-state index in [0.717, 1.165) is 62.5 Å². The fraction of sp³-hybridized carbons (Fsp3) is 0.474. The maximum absolute atomic E-state index is 12.4. The Balaban J connectivity index is 1.47. The van der Waals surface area contributed by atoms with Gasteiger partial charge in [-0.2, -0.15) is 11.3 Å². The molecule has 0 N–H and O–H groups in total. The van der Waals surface area contributed by atoms with Crippen LogP contribution in [0.25, 0.3) is 0 Å². The highest BCUT2D eigenvalue weighted by Gasteiger charge is 2.19. The summed E-state index contributed by atoms with van der Waals surface area (Å²) in [5, 5.41) is 4.10. The van der Waals surface area contributed by atoms with Crippen LogP contribution in [0.15, 0.2) is 35.0 Å². The summed E-state index contributed by atoms with van der Waals surface area (Å²) in [6, 6.07) is 8.25. The molecule has 0 atom stereocenters. The first-order chi connectivity index (χ1) is 11.7. The predicted molar refractivity (Wildman–Crippen MR) is 98.3 cm³/mol. The van der Waals surface area contributed by atoms with Crippen LogP contribution in [0.2, 0.25) is 0 Å². The molecule has 1 saturated heterocycles. The molecule has 0 aliphatic carbocycles. The number of pyridine rings is 1. The van der Waals surface area contributed by atoms with Crippen LogP contribution in [-0.4, -0.2) is 53.4 Å². The molecule has 1 aliphatic rings. The van der Waals surface area contributed by atoms with E-state index in [9.17, 15) is 4.79 Å². The maximum atomic E-state index is 12.4. The van der Waals surface area contributed by atoms with Crippen LogP contribution in [0, 0.1) is 6.92 Å². The van der Waals surface area contributed by atoms with Crippen LogP contribution in [0.5, 0.6) is 0 Å². The van der Waals surface area contributed by atoms with Crippen molar-refractivity contribution in [2.75, 3.05) is 32.7 Å². The van der Waals surface area contributed by atoms with Crippen LogP contribution < -0.4 is 0 Å². The van der Waals surface area contributed by atoms with Crippen molar-refractivity contribution >= 4 is 17.2 Å². The minimum Gasteiger partial charge on any atom is -0.341 e. The summed E-state index contributed by atoms with van der Waals surface area (Å²) in [6.45, 7) is 6.79. The lowest BCUT2D eigenvalue weighted by atomic mass is 10.2. The summed E-state index contributed by atoms with van der Waals surface area (Å²) in [5.74, 6) is 0.260. The van der Waals surface area contributed by atoms with Gasteiger partial charge in [0.15, 0.2) is 0 Å². The fourth-order valence-corrected chi connectivity index (χ4v) is 3.80. The Labute approximate surface area is 148 Å². The van der Waals surface area contributed by atoms with Crippen molar-refractivity contribution in [3.05, 3.63) is 52.0 Å². The standard InChI is InChI=1S/C19H25N3OS/c1-16-4-2-5-18(20-16)6-10-21-8-3-9-22(12-11-21)19(23)14-17-7-13-24-15-17/h2,4-5,7,13,15H,3,6,8-12,14H2,1H3. The normalized spacial score (nSPS) is 16.1. The number of carbonyl (C=O) groups excluding carboxylic acids is 1. The van der Waals surface area contributed by atoms with E-state index >= 15 is 0 Å². The highest BCUT2D eigenvalue weighted by atomic mass is 32.1. The Hall–Kier alpha value is -1.72. The molecule has 3 heterocycles. The number of aryl methyl sites for hydroxylation is 1. The molecule has 0 unspecified atom stereocenters. The number of amides is 1. The summed E-state index contributed by atoms with van der Waals surface area (Å²) in [5.41, 5.74) is 3.37. The zero-order valence-electron chi connectivity index (χ0n) is 14.3. The molecule has 0 bridgehead atoms. The first-order valence-electron chi connectivity index (χ1n) is 8.64. The molecule has 0 spiro atoms. The molecule has 5 heteroatoms. The van der Waals surface area contributed by atoms with Gasteiger partial charge in [-0.15, -0.1) is 0 Å². The van der Waals surface area contributed by atoms with Crippen molar-refractivity contribution in [1.82, 2.24) is 14.8 Å². The van der Waals surface area contributed by atoms with Crippen molar-refractivity contribution in [3.63, 3.8) is 0 Å². The third kappa shape index (κ3) is 4.89. The van der Waals surface area contributed by atoms with Crippen LogP contribution >= 0.6 is 11.3 Å². The summed E-state index contributed by atoms with van der Waals surface area (Å²) in [7, 11) is 0. The minimum absolute atomic E-state index is 0.260. The van der Waals surface area contributed by atoms with Crippen LogP contribution in [0.3, 0.4) is 0 Å². The van der Waals surface area contributed by atoms with Gasteiger partial charge in [-0.25, -0.2) is 0 Å². The molecule has 1 amide bonds. The van der Waals surface area contributed by atoms with Crippen molar-refractivity contribution in [1.29, 1.82) is 0 Å². The van der Waals surface area contributed by atoms with Gasteiger partial charge in [0.25, 0.3) is 0 Å². The molecule has 128 valence electrons. The van der Waals surface area contributed by atoms with Gasteiger partial charge in [0.2, 0.25) is 5.91 Å². The minimum atomic E-state index is 0.260. The molecule has 2 aromatic rings. The molecule has 1 fully saturated rings. The second-order valence-electron chi connectivity index (χ2n) is 6.40. The molecule has 24 heavy (non-hydrogen) atoms. The van der Waals surface area contributed by atoms with Gasteiger partial charge in [0.05, 0.1) is 6.42 Å². The Morgan fingerprint density at radius 3 is 2.92 bits per heavy atom. The number of hydrogen-bond donors (Lipinski definition) is 0. The molecule has 0 saturated carbocycles. The number of nitrogens with zero attached hydrogens (tertiary/aromatic N) is 3. The quantitative estimate of drug-likeness (QED) is 0.838. The largest absolute Gasteiger partial charge is 0.341 e. The summed E-state index contributed by atoms with van der Waals surface area (Å²) in [4.78, 5) is 21.5. The van der Waals surface area contributed by atoms with Crippen LogP contribution in [0.1, 0.15) is 23.4 Å². The van der Waals surface area contributed by atoms with E-state index in [1.807, 2.05) is 29.3 Å². The van der Waals surface area contributed by atoms with Crippen LogP contribution in [0.4, 0.5) is 0 Å². The first kappa shape index (κ1) is 17.1. The van der Waals surface area contributed by atoms with Gasteiger partial charge < -0.3 is 9.80 Å². The Morgan fingerprint density at radius 1 is 1.21 bits per heavy atom. The molecular weight excluding hydrogens is 318 g/mol. The maximum Gasteiger partial charge on any atom is 0.227 e. The second-order valence-corrected chi connectivity index (χ2v) is 7.18. The van der Waals surface area contributed by atoms with Crippen molar-refractivity contribution < 1.29 is 4.79 Å². The number of thiophene rings is 1. The zero-order chi connectivity index (χ0) is 16.8. The Bertz CT molecular complexity index is 656. The highest BCUT2D eigenvalue weighted by molar-refractivity contribution is 7.07. The van der Waals surface area contributed by atoms with E-state index in [4.69, 9.17) is 0 Å². The molecular formula is C19H25N3OS. The van der Waals surface area contributed by atoms with E-state index < -0.39 is 0 Å². The third-order valence-corrected chi connectivity index (χ3v) is 5.24. The van der Waals surface area contributed by atoms with Gasteiger partial charge in [0, 0.05) is 44.0 Å². The molecule has 2 aromatic heterocycles. The average molecular weight is 343 g/mol. The lowest BCUT2D eigenvalue weighted by Gasteiger charge is -2.22. The fourth-order valence-electron chi connectivity index (χ4n) is 3.13. The van der Waals surface area contributed by atoms with Crippen molar-refractivity contribution in [2.45, 2.75) is 26.2 Å². The van der Waals surface area contributed by atoms with Gasteiger partial charge in [-0.3, -0.25) is 9.78 Å². The zero-order valence-corrected chi connectivity index (χ0v) is 15.1. The summed E-state index contributed by atoms with van der Waals surface area (Å²) < 4.78 is 0. The van der Waals surface area contributed by atoms with Gasteiger partial charge in [-0.05, 0) is 54.4 Å². The lowest BCUT2D eigenvalue weighted by molar-refractivity contribution is -0.130. The molecule has 4 nitrogen and oxygen atoms in total. The second kappa shape index (κ2) is 8.40. The van der Waals surface area contributed by atoms with Crippen LogP contribution in [-0.2, 0) is 17.6 Å². The van der Waals surface area contributed by atoms with Gasteiger partial charge >= 0.3 is 0 Å². The van der Waals surface area contributed by atoms with E-state index in [-0.39, 0.29) is 5.91 Å². The van der Waals surface area contributed by atoms with E-state index in [2.05, 4.69) is 27.4 Å². The van der Waals surface area contributed by atoms with E-state index in [0.29, 0.717) is 6.42 Å².